The summed E-state index contributed by atoms with van der Waals surface area (Å²) < 4.78 is 11.3. The highest BCUT2D eigenvalue weighted by atomic mass is 32.3. The van der Waals surface area contributed by atoms with Crippen LogP contribution in [0.25, 0.3) is 0 Å². The van der Waals surface area contributed by atoms with E-state index in [1.165, 1.54) is 0 Å². The van der Waals surface area contributed by atoms with Gasteiger partial charge in [0.15, 0.2) is 0 Å². The third-order valence-electron chi connectivity index (χ3n) is 3.49. The minimum absolute atomic E-state index is 0.691. The summed E-state index contributed by atoms with van der Waals surface area (Å²) in [6, 6.07) is 20.1. The Kier molecular flexibility index (Phi) is 2.93. The summed E-state index contributed by atoms with van der Waals surface area (Å²) in [4.78, 5) is 0. The van der Waals surface area contributed by atoms with Crippen LogP contribution in [-0.2, 0) is 8.57 Å². The maximum Gasteiger partial charge on any atom is 0.111 e. The van der Waals surface area contributed by atoms with Gasteiger partial charge < -0.3 is 0 Å². The predicted molar refractivity (Wildman–Crippen MR) is 85.5 cm³/mol. The van der Waals surface area contributed by atoms with E-state index in [-0.39, 0.29) is 0 Å². The van der Waals surface area contributed by atoms with Crippen molar-refractivity contribution in [3.63, 3.8) is 0 Å². The van der Waals surface area contributed by atoms with Crippen LogP contribution in [-0.4, -0.2) is 22.9 Å². The lowest BCUT2D eigenvalue weighted by Crippen LogP contribution is -2.13. The summed E-state index contributed by atoms with van der Waals surface area (Å²) in [7, 11) is -1.73. The second kappa shape index (κ2) is 4.93. The maximum atomic E-state index is 5.65. The molecule has 4 rings (SSSR count). The van der Waals surface area contributed by atoms with Crippen molar-refractivity contribution in [1.29, 1.82) is 0 Å². The largest absolute Gasteiger partial charge is 0.270 e. The van der Waals surface area contributed by atoms with Gasteiger partial charge in [-0.2, -0.15) is 0 Å². The Balaban J connectivity index is 1.51. The van der Waals surface area contributed by atoms with Gasteiger partial charge in [-0.1, -0.05) is 81.6 Å². The van der Waals surface area contributed by atoms with Crippen LogP contribution < -0.4 is 0 Å². The van der Waals surface area contributed by atoms with Gasteiger partial charge in [0.1, 0.15) is 22.9 Å². The zero-order valence-corrected chi connectivity index (χ0v) is 12.1. The van der Waals surface area contributed by atoms with Crippen molar-refractivity contribution in [2.24, 2.45) is 10.3 Å². The summed E-state index contributed by atoms with van der Waals surface area (Å²) in [6.45, 7) is 0. The zero-order chi connectivity index (χ0) is 14.1. The highest BCUT2D eigenvalue weighted by Crippen LogP contribution is 2.57. The van der Waals surface area contributed by atoms with Crippen LogP contribution in [0.1, 0.15) is 11.1 Å². The van der Waals surface area contributed by atoms with Crippen molar-refractivity contribution in [3.05, 3.63) is 71.8 Å². The fraction of sp³-hybridized carbons (Fsp3) is 0.125. The Hall–Kier alpha value is -2.27. The van der Waals surface area contributed by atoms with Crippen LogP contribution in [0.4, 0.5) is 0 Å². The summed E-state index contributed by atoms with van der Waals surface area (Å²) in [5.41, 5.74) is 4.04. The van der Waals surface area contributed by atoms with E-state index in [1.807, 2.05) is 60.7 Å². The minimum Gasteiger partial charge on any atom is -0.270 e. The monoisotopic (exact) mass is 298 g/mol. The minimum atomic E-state index is -1.73. The molecule has 0 aliphatic carbocycles. The lowest BCUT2D eigenvalue weighted by atomic mass is 10.1. The van der Waals surface area contributed by atoms with E-state index in [0.717, 1.165) is 22.6 Å². The molecule has 2 aromatic carbocycles. The fourth-order valence-corrected chi connectivity index (χ4v) is 4.46. The lowest BCUT2D eigenvalue weighted by Gasteiger charge is -2.27. The summed E-state index contributed by atoms with van der Waals surface area (Å²) in [6.07, 6.45) is 0. The van der Waals surface area contributed by atoms with Gasteiger partial charge in [-0.3, -0.25) is 8.57 Å². The Labute approximate surface area is 124 Å². The molecule has 0 bridgehead atoms. The molecule has 21 heavy (non-hydrogen) atoms. The Morgan fingerprint density at radius 3 is 1.52 bits per heavy atom. The first-order valence-electron chi connectivity index (χ1n) is 6.75. The van der Waals surface area contributed by atoms with Crippen molar-refractivity contribution in [2.75, 3.05) is 11.5 Å². The Bertz CT molecular complexity index is 650. The fourth-order valence-electron chi connectivity index (χ4n) is 2.40. The normalized spacial score (nSPS) is 20.4. The molecule has 0 aromatic heterocycles. The van der Waals surface area contributed by atoms with Gasteiger partial charge in [0, 0.05) is 11.1 Å². The van der Waals surface area contributed by atoms with Gasteiger partial charge in [-0.25, -0.2) is 0 Å². The molecule has 2 heterocycles. The topological polar surface area (TPSA) is 43.2 Å². The molecule has 2 aliphatic rings. The van der Waals surface area contributed by atoms with Gasteiger partial charge in [0.2, 0.25) is 0 Å². The first kappa shape index (κ1) is 12.5. The summed E-state index contributed by atoms with van der Waals surface area (Å²) in [5, 5.41) is 8.45. The molecule has 0 saturated heterocycles. The molecule has 0 amide bonds. The molecule has 0 N–H and O–H groups in total. The second-order valence-corrected chi connectivity index (χ2v) is 7.35. The van der Waals surface area contributed by atoms with Gasteiger partial charge in [-0.15, -0.1) is 0 Å². The SMILES string of the molecule is c1ccc(C2=NOS3(C2)CC(c2ccccc2)=NO3)cc1. The van der Waals surface area contributed by atoms with E-state index >= 15 is 0 Å². The molecule has 4 nitrogen and oxygen atoms in total. The smallest absolute Gasteiger partial charge is 0.111 e. The number of oxime groups is 2. The molecule has 0 saturated carbocycles. The maximum absolute atomic E-state index is 5.65. The second-order valence-electron chi connectivity index (χ2n) is 4.99. The molecule has 2 aromatic rings. The van der Waals surface area contributed by atoms with E-state index < -0.39 is 10.6 Å². The molecule has 0 radical (unpaired) electrons. The van der Waals surface area contributed by atoms with Gasteiger partial charge in [0.05, 0.1) is 0 Å². The van der Waals surface area contributed by atoms with Crippen molar-refractivity contribution in [2.45, 2.75) is 0 Å². The molecule has 0 unspecified atom stereocenters. The summed E-state index contributed by atoms with van der Waals surface area (Å²) in [5.74, 6) is 1.38. The number of benzene rings is 2. The van der Waals surface area contributed by atoms with Gasteiger partial charge in [-0.05, 0) is 0 Å². The molecule has 5 heteroatoms. The molecule has 1 spiro atoms. The van der Waals surface area contributed by atoms with Crippen molar-refractivity contribution < 1.29 is 8.57 Å². The van der Waals surface area contributed by atoms with Crippen LogP contribution in [0.3, 0.4) is 0 Å². The first-order valence-corrected chi connectivity index (χ1v) is 8.57. The van der Waals surface area contributed by atoms with E-state index in [4.69, 9.17) is 8.57 Å². The predicted octanol–water partition coefficient (Wildman–Crippen LogP) is 3.49. The molecular formula is C16H14N2O2S. The molecular weight excluding hydrogens is 284 g/mol. The number of hydrogen-bond acceptors (Lipinski definition) is 4. The van der Waals surface area contributed by atoms with Crippen LogP contribution in [0.2, 0.25) is 0 Å². The summed E-state index contributed by atoms with van der Waals surface area (Å²) >= 11 is 0. The average molecular weight is 298 g/mol. The van der Waals surface area contributed by atoms with Crippen molar-refractivity contribution in [3.8, 4) is 0 Å². The standard InChI is InChI=1S/C16H14N2O2S/c1-3-7-13(8-4-1)15-11-21(19-17-15)12-16(18-20-21)14-9-5-2-6-10-14/h1-10H,11-12H2. The molecule has 0 atom stereocenters. The van der Waals surface area contributed by atoms with Crippen molar-refractivity contribution >= 4 is 22.0 Å². The molecule has 106 valence electrons. The lowest BCUT2D eigenvalue weighted by molar-refractivity contribution is 0.296. The van der Waals surface area contributed by atoms with Gasteiger partial charge in [0.25, 0.3) is 0 Å². The van der Waals surface area contributed by atoms with Crippen LogP contribution in [0.5, 0.6) is 0 Å². The zero-order valence-electron chi connectivity index (χ0n) is 11.3. The first-order chi connectivity index (χ1) is 10.3. The third kappa shape index (κ3) is 2.29. The Morgan fingerprint density at radius 2 is 1.10 bits per heavy atom. The van der Waals surface area contributed by atoms with E-state index in [9.17, 15) is 0 Å². The van der Waals surface area contributed by atoms with E-state index in [1.54, 1.807) is 0 Å². The van der Waals surface area contributed by atoms with Crippen LogP contribution >= 0.6 is 10.6 Å². The third-order valence-corrected chi connectivity index (χ3v) is 5.61. The average Bonchev–Trinajstić information content (AvgIpc) is 3.17. The van der Waals surface area contributed by atoms with Crippen molar-refractivity contribution in [1.82, 2.24) is 0 Å². The molecule has 2 aliphatic heterocycles. The van der Waals surface area contributed by atoms with E-state index in [0.29, 0.717) is 11.5 Å². The Morgan fingerprint density at radius 1 is 0.667 bits per heavy atom. The van der Waals surface area contributed by atoms with Crippen LogP contribution in [0.15, 0.2) is 71.0 Å². The molecule has 0 fully saturated rings. The highest BCUT2D eigenvalue weighted by molar-refractivity contribution is 8.27. The number of nitrogens with zero attached hydrogens (tertiary/aromatic N) is 2. The van der Waals surface area contributed by atoms with Gasteiger partial charge >= 0.3 is 0 Å². The van der Waals surface area contributed by atoms with E-state index in [2.05, 4.69) is 10.3 Å². The quantitative estimate of drug-likeness (QED) is 0.851. The highest BCUT2D eigenvalue weighted by Gasteiger charge is 2.38. The number of hydrogen-bond donors (Lipinski definition) is 0. The number of rotatable bonds is 2. The van der Waals surface area contributed by atoms with Crippen LogP contribution in [0, 0.1) is 0 Å².